The van der Waals surface area contributed by atoms with Crippen LogP contribution >= 0.6 is 0 Å². The topological polar surface area (TPSA) is 120 Å². The van der Waals surface area contributed by atoms with Gasteiger partial charge in [-0.3, -0.25) is 0 Å². The number of phenolic OH excluding ortho intramolecular Hbond substituents is 1. The molecule has 0 spiro atoms. The van der Waals surface area contributed by atoms with Gasteiger partial charge in [0.05, 0.1) is 11.7 Å². The molecule has 0 atom stereocenters. The molecule has 1 aliphatic carbocycles. The summed E-state index contributed by atoms with van der Waals surface area (Å²) in [5.74, 6) is -0.507. The van der Waals surface area contributed by atoms with Gasteiger partial charge in [0, 0.05) is 5.57 Å². The van der Waals surface area contributed by atoms with E-state index in [0.29, 0.717) is 17.2 Å². The summed E-state index contributed by atoms with van der Waals surface area (Å²) in [5, 5.41) is 42.7. The van der Waals surface area contributed by atoms with E-state index < -0.39 is 5.97 Å². The minimum atomic E-state index is -1.02. The van der Waals surface area contributed by atoms with Crippen LogP contribution in [0.3, 0.4) is 0 Å². The van der Waals surface area contributed by atoms with Gasteiger partial charge in [-0.25, -0.2) is 9.48 Å². The first-order chi connectivity index (χ1) is 15.0. The molecular formula is C24H32N4O4. The number of azo groups is 1. The number of nitrogens with zero attached hydrogens (tertiary/aromatic N) is 4. The van der Waals surface area contributed by atoms with Crippen molar-refractivity contribution in [3.05, 3.63) is 35.0 Å². The third-order valence-corrected chi connectivity index (χ3v) is 6.27. The van der Waals surface area contributed by atoms with E-state index in [1.54, 1.807) is 23.7 Å². The first kappa shape index (κ1) is 23.5. The number of aromatic hydroxyl groups is 2. The lowest BCUT2D eigenvalue weighted by Crippen LogP contribution is -2.27. The minimum absolute atomic E-state index is 0.0124. The fourth-order valence-electron chi connectivity index (χ4n) is 4.22. The SMILES string of the molecule is C/C(=C\c1ccc(/N=N/c2c(C)nn(C3CCC(C(C)(C)C)CC3)c2O)c(O)c1)C(=O)O. The van der Waals surface area contributed by atoms with E-state index in [0.717, 1.165) is 25.7 Å². The smallest absolute Gasteiger partial charge is 0.331 e. The summed E-state index contributed by atoms with van der Waals surface area (Å²) in [6.45, 7) is 10.1. The lowest BCUT2D eigenvalue weighted by Gasteiger charge is -2.37. The fourth-order valence-corrected chi connectivity index (χ4v) is 4.22. The predicted molar refractivity (Wildman–Crippen MR) is 123 cm³/mol. The normalized spacial score (nSPS) is 20.1. The largest absolute Gasteiger partial charge is 0.506 e. The molecule has 172 valence electrons. The molecule has 1 aromatic carbocycles. The average molecular weight is 441 g/mol. The quantitative estimate of drug-likeness (QED) is 0.373. The highest BCUT2D eigenvalue weighted by Gasteiger charge is 2.32. The highest BCUT2D eigenvalue weighted by Crippen LogP contribution is 2.44. The maximum atomic E-state index is 11.0. The Hall–Kier alpha value is -3.16. The Morgan fingerprint density at radius 3 is 2.38 bits per heavy atom. The molecule has 1 aliphatic rings. The number of carboxylic acids is 1. The summed E-state index contributed by atoms with van der Waals surface area (Å²) in [6.07, 6.45) is 5.56. The van der Waals surface area contributed by atoms with Crippen LogP contribution in [-0.4, -0.2) is 31.1 Å². The van der Waals surface area contributed by atoms with Crippen molar-refractivity contribution in [3.8, 4) is 11.6 Å². The first-order valence-electron chi connectivity index (χ1n) is 10.9. The predicted octanol–water partition coefficient (Wildman–Crippen LogP) is 6.28. The van der Waals surface area contributed by atoms with Gasteiger partial charge in [0.2, 0.25) is 5.88 Å². The van der Waals surface area contributed by atoms with Crippen molar-refractivity contribution in [1.82, 2.24) is 9.78 Å². The van der Waals surface area contributed by atoms with Crippen LogP contribution in [0.2, 0.25) is 0 Å². The number of hydrogen-bond donors (Lipinski definition) is 3. The molecular weight excluding hydrogens is 408 g/mol. The number of aromatic nitrogens is 2. The monoisotopic (exact) mass is 440 g/mol. The number of hydrogen-bond acceptors (Lipinski definition) is 6. The Morgan fingerprint density at radius 2 is 1.81 bits per heavy atom. The molecule has 0 unspecified atom stereocenters. The summed E-state index contributed by atoms with van der Waals surface area (Å²) in [7, 11) is 0. The Balaban J connectivity index is 1.77. The zero-order chi connectivity index (χ0) is 23.6. The average Bonchev–Trinajstić information content (AvgIpc) is 3.00. The maximum absolute atomic E-state index is 11.0. The minimum Gasteiger partial charge on any atom is -0.506 e. The van der Waals surface area contributed by atoms with Crippen molar-refractivity contribution in [2.75, 3.05) is 0 Å². The third-order valence-electron chi connectivity index (χ3n) is 6.27. The van der Waals surface area contributed by atoms with E-state index in [1.165, 1.54) is 19.1 Å². The van der Waals surface area contributed by atoms with Crippen LogP contribution < -0.4 is 0 Å². The molecule has 1 fully saturated rings. The number of rotatable bonds is 5. The zero-order valence-corrected chi connectivity index (χ0v) is 19.3. The molecule has 2 aromatic rings. The highest BCUT2D eigenvalue weighted by molar-refractivity contribution is 5.91. The second kappa shape index (κ2) is 9.14. The van der Waals surface area contributed by atoms with Crippen molar-refractivity contribution in [2.45, 2.75) is 66.3 Å². The first-order valence-corrected chi connectivity index (χ1v) is 10.9. The van der Waals surface area contributed by atoms with Gasteiger partial charge in [-0.1, -0.05) is 26.8 Å². The van der Waals surface area contributed by atoms with Gasteiger partial charge in [0.25, 0.3) is 0 Å². The van der Waals surface area contributed by atoms with Crippen molar-refractivity contribution in [1.29, 1.82) is 0 Å². The van der Waals surface area contributed by atoms with Crippen molar-refractivity contribution >= 4 is 23.4 Å². The summed E-state index contributed by atoms with van der Waals surface area (Å²) in [6, 6.07) is 4.74. The number of aliphatic carboxylic acids is 1. The molecule has 0 bridgehead atoms. The van der Waals surface area contributed by atoms with Gasteiger partial charge in [-0.2, -0.15) is 5.10 Å². The fraction of sp³-hybridized carbons (Fsp3) is 0.500. The third kappa shape index (κ3) is 5.18. The van der Waals surface area contributed by atoms with Gasteiger partial charge in [0.1, 0.15) is 11.4 Å². The summed E-state index contributed by atoms with van der Waals surface area (Å²) in [5.41, 5.74) is 2.05. The van der Waals surface area contributed by atoms with Gasteiger partial charge in [0.15, 0.2) is 5.69 Å². The van der Waals surface area contributed by atoms with E-state index in [1.807, 2.05) is 0 Å². The molecule has 1 aromatic heterocycles. The summed E-state index contributed by atoms with van der Waals surface area (Å²) in [4.78, 5) is 11.0. The molecule has 0 aliphatic heterocycles. The highest BCUT2D eigenvalue weighted by atomic mass is 16.4. The van der Waals surface area contributed by atoms with Gasteiger partial charge >= 0.3 is 5.97 Å². The molecule has 8 nitrogen and oxygen atoms in total. The number of carboxylic acid groups (broad SMARTS) is 1. The van der Waals surface area contributed by atoms with Gasteiger partial charge in [-0.15, -0.1) is 10.2 Å². The van der Waals surface area contributed by atoms with E-state index in [9.17, 15) is 15.0 Å². The van der Waals surface area contributed by atoms with E-state index in [-0.39, 0.29) is 40.0 Å². The van der Waals surface area contributed by atoms with Crippen LogP contribution in [0.1, 0.15) is 70.7 Å². The number of benzene rings is 1. The van der Waals surface area contributed by atoms with Crippen LogP contribution in [0.15, 0.2) is 34.0 Å². The Bertz CT molecular complexity index is 1050. The van der Waals surface area contributed by atoms with E-state index in [2.05, 4.69) is 36.1 Å². The second-order valence-electron chi connectivity index (χ2n) is 9.65. The zero-order valence-electron chi connectivity index (χ0n) is 19.3. The Labute approximate surface area is 188 Å². The molecule has 3 N–H and O–H groups in total. The molecule has 0 saturated heterocycles. The van der Waals surface area contributed by atoms with Gasteiger partial charge in [-0.05, 0) is 74.6 Å². The van der Waals surface area contributed by atoms with Crippen molar-refractivity contribution in [2.24, 2.45) is 21.6 Å². The van der Waals surface area contributed by atoms with Crippen LogP contribution in [0.25, 0.3) is 6.08 Å². The standard InChI is InChI=1S/C24H32N4O4/c1-14(23(31)32)12-16-6-11-19(20(29)13-16)25-26-21-15(2)27-28(22(21)30)18-9-7-17(8-10-18)24(3,4)5/h6,11-13,17-18,29-30H,7-10H2,1-5H3,(H,31,32)/b14-12+,26-25+. The Kier molecular flexibility index (Phi) is 6.71. The molecule has 0 amide bonds. The molecule has 1 heterocycles. The van der Waals surface area contributed by atoms with Crippen molar-refractivity contribution in [3.63, 3.8) is 0 Å². The second-order valence-corrected chi connectivity index (χ2v) is 9.65. The molecule has 0 radical (unpaired) electrons. The van der Waals surface area contributed by atoms with Crippen molar-refractivity contribution < 1.29 is 20.1 Å². The summed E-state index contributed by atoms with van der Waals surface area (Å²) >= 11 is 0. The van der Waals surface area contributed by atoms with Crippen LogP contribution in [0, 0.1) is 18.3 Å². The number of aryl methyl sites for hydroxylation is 1. The summed E-state index contributed by atoms with van der Waals surface area (Å²) < 4.78 is 1.66. The molecule has 3 rings (SSSR count). The van der Waals surface area contributed by atoms with Crippen LogP contribution in [-0.2, 0) is 4.79 Å². The Morgan fingerprint density at radius 1 is 1.16 bits per heavy atom. The lowest BCUT2D eigenvalue weighted by atomic mass is 9.71. The number of carbonyl (C=O) groups is 1. The van der Waals surface area contributed by atoms with Crippen LogP contribution in [0.5, 0.6) is 11.6 Å². The number of phenols is 1. The molecule has 32 heavy (non-hydrogen) atoms. The molecule has 8 heteroatoms. The maximum Gasteiger partial charge on any atom is 0.331 e. The lowest BCUT2D eigenvalue weighted by molar-refractivity contribution is -0.132. The van der Waals surface area contributed by atoms with E-state index in [4.69, 9.17) is 5.11 Å². The molecule has 1 saturated carbocycles. The van der Waals surface area contributed by atoms with Crippen LogP contribution in [0.4, 0.5) is 11.4 Å². The van der Waals surface area contributed by atoms with Gasteiger partial charge < -0.3 is 15.3 Å². The van der Waals surface area contributed by atoms with E-state index >= 15 is 0 Å².